The predicted octanol–water partition coefficient (Wildman–Crippen LogP) is 5.12. The Balaban J connectivity index is 1.86. The number of nitrogens with zero attached hydrogens (tertiary/aromatic N) is 2. The molecule has 0 N–H and O–H groups in total. The van der Waals surface area contributed by atoms with Crippen molar-refractivity contribution in [1.29, 1.82) is 0 Å². The summed E-state index contributed by atoms with van der Waals surface area (Å²) in [6, 6.07) is 14.1. The second-order valence-corrected chi connectivity index (χ2v) is 8.29. The lowest BCUT2D eigenvalue weighted by Gasteiger charge is -2.14. The molecular weight excluding hydrogens is 368 g/mol. The van der Waals surface area contributed by atoms with E-state index in [4.69, 9.17) is 9.72 Å². The quantitative estimate of drug-likeness (QED) is 0.301. The van der Waals surface area contributed by atoms with Crippen molar-refractivity contribution in [3.8, 4) is 0 Å². The molecule has 1 aromatic heterocycles. The molecule has 0 unspecified atom stereocenters. The summed E-state index contributed by atoms with van der Waals surface area (Å²) in [6.45, 7) is 9.54. The van der Waals surface area contributed by atoms with Gasteiger partial charge in [-0.05, 0) is 62.9 Å². The molecule has 4 nitrogen and oxygen atoms in total. The molecule has 1 heterocycles. The van der Waals surface area contributed by atoms with Crippen molar-refractivity contribution in [3.63, 3.8) is 0 Å². The van der Waals surface area contributed by atoms with Gasteiger partial charge in [0.15, 0.2) is 5.16 Å². The molecule has 0 aliphatic heterocycles. The lowest BCUT2D eigenvalue weighted by molar-refractivity contribution is 0.0743. The Morgan fingerprint density at radius 3 is 2.64 bits per heavy atom. The van der Waals surface area contributed by atoms with Crippen molar-refractivity contribution in [2.75, 3.05) is 6.61 Å². The largest absolute Gasteiger partial charge is 0.379 e. The highest BCUT2D eigenvalue weighted by Crippen LogP contribution is 2.23. The highest BCUT2D eigenvalue weighted by molar-refractivity contribution is 7.98. The highest BCUT2D eigenvalue weighted by atomic mass is 32.2. The molecule has 0 saturated carbocycles. The van der Waals surface area contributed by atoms with E-state index in [0.29, 0.717) is 18.5 Å². The van der Waals surface area contributed by atoms with Gasteiger partial charge in [0, 0.05) is 18.9 Å². The molecule has 0 amide bonds. The zero-order chi connectivity index (χ0) is 20.1. The summed E-state index contributed by atoms with van der Waals surface area (Å²) in [5, 5.41) is 1.44. The van der Waals surface area contributed by atoms with Gasteiger partial charge < -0.3 is 4.74 Å². The molecule has 0 bridgehead atoms. The molecule has 0 spiro atoms. The fourth-order valence-electron chi connectivity index (χ4n) is 3.04. The average molecular weight is 397 g/mol. The lowest BCUT2D eigenvalue weighted by Crippen LogP contribution is -2.24. The smallest absolute Gasteiger partial charge is 0.262 e. The zero-order valence-corrected chi connectivity index (χ0v) is 17.9. The number of aryl methyl sites for hydroxylation is 2. The van der Waals surface area contributed by atoms with Gasteiger partial charge in [0.2, 0.25) is 0 Å². The van der Waals surface area contributed by atoms with Crippen molar-refractivity contribution >= 4 is 22.7 Å². The fourth-order valence-corrected chi connectivity index (χ4v) is 4.01. The van der Waals surface area contributed by atoms with E-state index >= 15 is 0 Å². The van der Waals surface area contributed by atoms with Gasteiger partial charge in [-0.3, -0.25) is 9.36 Å². The monoisotopic (exact) mass is 396 g/mol. The molecule has 148 valence electrons. The number of aromatic nitrogens is 2. The van der Waals surface area contributed by atoms with Crippen molar-refractivity contribution in [1.82, 2.24) is 9.55 Å². The number of rotatable bonds is 8. The minimum absolute atomic E-state index is 0.0257. The van der Waals surface area contributed by atoms with Crippen LogP contribution in [0.1, 0.15) is 37.0 Å². The van der Waals surface area contributed by atoms with Crippen LogP contribution < -0.4 is 5.56 Å². The van der Waals surface area contributed by atoms with Crippen LogP contribution in [0.25, 0.3) is 10.9 Å². The van der Waals surface area contributed by atoms with Crippen molar-refractivity contribution < 1.29 is 4.74 Å². The van der Waals surface area contributed by atoms with Crippen LogP contribution in [0.4, 0.5) is 0 Å². The Kier molecular flexibility index (Phi) is 6.92. The van der Waals surface area contributed by atoms with E-state index in [1.807, 2.05) is 38.1 Å². The summed E-state index contributed by atoms with van der Waals surface area (Å²) in [7, 11) is 0. The minimum Gasteiger partial charge on any atom is -0.379 e. The highest BCUT2D eigenvalue weighted by Gasteiger charge is 2.12. The summed E-state index contributed by atoms with van der Waals surface area (Å²) in [5.41, 5.74) is 4.60. The van der Waals surface area contributed by atoms with Gasteiger partial charge in [-0.25, -0.2) is 4.98 Å². The van der Waals surface area contributed by atoms with E-state index in [1.54, 1.807) is 16.3 Å². The Morgan fingerprint density at radius 1 is 1.11 bits per heavy atom. The van der Waals surface area contributed by atoms with E-state index in [9.17, 15) is 4.79 Å². The maximum Gasteiger partial charge on any atom is 0.262 e. The molecule has 0 atom stereocenters. The van der Waals surface area contributed by atoms with Gasteiger partial charge in [-0.2, -0.15) is 0 Å². The third-order valence-electron chi connectivity index (χ3n) is 4.74. The van der Waals surface area contributed by atoms with Gasteiger partial charge in [0.05, 0.1) is 17.0 Å². The minimum atomic E-state index is 0.0257. The summed E-state index contributed by atoms with van der Waals surface area (Å²) >= 11 is 1.62. The molecule has 0 saturated heterocycles. The first kappa shape index (κ1) is 20.6. The van der Waals surface area contributed by atoms with Crippen LogP contribution in [0.2, 0.25) is 0 Å². The normalized spacial score (nSPS) is 11.5. The third kappa shape index (κ3) is 5.03. The van der Waals surface area contributed by atoms with Crippen LogP contribution in [0, 0.1) is 13.8 Å². The van der Waals surface area contributed by atoms with Gasteiger partial charge >= 0.3 is 0 Å². The topological polar surface area (TPSA) is 44.1 Å². The van der Waals surface area contributed by atoms with Gasteiger partial charge in [0.1, 0.15) is 0 Å². The Labute approximate surface area is 171 Å². The van der Waals surface area contributed by atoms with Crippen LogP contribution in [0.15, 0.2) is 52.4 Å². The number of fused-ring (bicyclic) bond motifs is 1. The van der Waals surface area contributed by atoms with Crippen molar-refractivity contribution in [3.05, 3.63) is 69.5 Å². The number of ether oxygens (including phenoxy) is 1. The SMILES string of the molecule is Cc1ccc(CSc2nc3ccccc3c(=O)n2CCCOC(C)C)cc1C. The van der Waals surface area contributed by atoms with Crippen LogP contribution >= 0.6 is 11.8 Å². The Hall–Kier alpha value is -2.11. The molecule has 3 rings (SSSR count). The second kappa shape index (κ2) is 9.39. The fraction of sp³-hybridized carbons (Fsp3) is 0.391. The van der Waals surface area contributed by atoms with Gasteiger partial charge in [-0.1, -0.05) is 42.1 Å². The maximum absolute atomic E-state index is 13.1. The van der Waals surface area contributed by atoms with Gasteiger partial charge in [0.25, 0.3) is 5.56 Å². The molecule has 0 aliphatic rings. The predicted molar refractivity (Wildman–Crippen MR) is 117 cm³/mol. The lowest BCUT2D eigenvalue weighted by atomic mass is 10.1. The van der Waals surface area contributed by atoms with Crippen LogP contribution in [-0.4, -0.2) is 22.3 Å². The Morgan fingerprint density at radius 2 is 1.89 bits per heavy atom. The molecule has 28 heavy (non-hydrogen) atoms. The van der Waals surface area contributed by atoms with E-state index in [0.717, 1.165) is 22.8 Å². The Bertz CT molecular complexity index is 1010. The number of benzene rings is 2. The first-order chi connectivity index (χ1) is 13.5. The molecule has 0 aliphatic carbocycles. The van der Waals surface area contributed by atoms with Gasteiger partial charge in [-0.15, -0.1) is 0 Å². The van der Waals surface area contributed by atoms with Crippen LogP contribution in [0.5, 0.6) is 0 Å². The number of hydrogen-bond donors (Lipinski definition) is 0. The van der Waals surface area contributed by atoms with E-state index in [1.165, 1.54) is 16.7 Å². The third-order valence-corrected chi connectivity index (χ3v) is 5.79. The number of hydrogen-bond acceptors (Lipinski definition) is 4. The second-order valence-electron chi connectivity index (χ2n) is 7.35. The molecule has 0 radical (unpaired) electrons. The van der Waals surface area contributed by atoms with Crippen LogP contribution in [0.3, 0.4) is 0 Å². The van der Waals surface area contributed by atoms with Crippen LogP contribution in [-0.2, 0) is 17.0 Å². The summed E-state index contributed by atoms with van der Waals surface area (Å²) in [5.74, 6) is 0.786. The summed E-state index contributed by atoms with van der Waals surface area (Å²) in [6.07, 6.45) is 0.986. The molecule has 0 fully saturated rings. The zero-order valence-electron chi connectivity index (χ0n) is 17.1. The van der Waals surface area contributed by atoms with Crippen molar-refractivity contribution in [2.24, 2.45) is 0 Å². The van der Waals surface area contributed by atoms with Crippen molar-refractivity contribution in [2.45, 2.75) is 57.7 Å². The van der Waals surface area contributed by atoms with E-state index < -0.39 is 0 Å². The number of thioether (sulfide) groups is 1. The molecule has 2 aromatic carbocycles. The molecular formula is C23H28N2O2S. The van der Waals surface area contributed by atoms with E-state index in [-0.39, 0.29) is 11.7 Å². The molecule has 5 heteroatoms. The summed E-state index contributed by atoms with van der Waals surface area (Å²) < 4.78 is 7.45. The van der Waals surface area contributed by atoms with E-state index in [2.05, 4.69) is 32.0 Å². The molecule has 3 aromatic rings. The number of para-hydroxylation sites is 1. The maximum atomic E-state index is 13.1. The first-order valence-electron chi connectivity index (χ1n) is 9.76. The summed E-state index contributed by atoms with van der Waals surface area (Å²) in [4.78, 5) is 17.8. The average Bonchev–Trinajstić information content (AvgIpc) is 2.67. The first-order valence-corrected chi connectivity index (χ1v) is 10.7. The standard InChI is InChI=1S/C23H28N2O2S/c1-16(2)27-13-7-12-25-22(26)20-8-5-6-9-21(20)24-23(25)28-15-19-11-10-17(3)18(4)14-19/h5-6,8-11,14,16H,7,12-13,15H2,1-4H3.